The van der Waals surface area contributed by atoms with E-state index in [4.69, 9.17) is 15.6 Å². The third kappa shape index (κ3) is 6.80. The van der Waals surface area contributed by atoms with Crippen LogP contribution in [0.15, 0.2) is 24.3 Å². The first-order valence-corrected chi connectivity index (χ1v) is 7.73. The molecule has 0 bridgehead atoms. The Balaban J connectivity index is 0.00000576. The summed E-state index contributed by atoms with van der Waals surface area (Å²) in [6, 6.07) is 6.83. The number of nitrogens with two attached hydrogens (primary N) is 1. The predicted octanol–water partition coefficient (Wildman–Crippen LogP) is 1.93. The molecule has 0 heterocycles. The van der Waals surface area contributed by atoms with Crippen molar-refractivity contribution in [3.05, 3.63) is 35.1 Å². The number of hydrogen-bond acceptors (Lipinski definition) is 5. The summed E-state index contributed by atoms with van der Waals surface area (Å²) in [5.74, 6) is -1.92. The standard InChI is InChI=1S/C17H25N2O5.Au/c1-11(2)9-17(19-3,14(20)8-15(21)22)16(23)24-10-12-4-6-13(18)7-5-12;/h4-7,11,14,20H,8-10,18H2,1-3H3,(H,21,22);/q-1;+1/t14-,17-;/m0./s1. The van der Waals surface area contributed by atoms with Gasteiger partial charge in [0.2, 0.25) is 0 Å². The Morgan fingerprint density at radius 3 is 2.28 bits per heavy atom. The summed E-state index contributed by atoms with van der Waals surface area (Å²) < 4.78 is 5.30. The van der Waals surface area contributed by atoms with E-state index in [1.54, 1.807) is 24.3 Å². The number of anilines is 1. The second kappa shape index (κ2) is 10.6. The van der Waals surface area contributed by atoms with Crippen LogP contribution in [0.2, 0.25) is 0 Å². The minimum Gasteiger partial charge on any atom is -0.648 e. The Labute approximate surface area is 163 Å². The number of ether oxygens (including phenoxy) is 1. The van der Waals surface area contributed by atoms with Crippen LogP contribution in [0.5, 0.6) is 0 Å². The van der Waals surface area contributed by atoms with Crippen LogP contribution in [0.3, 0.4) is 0 Å². The van der Waals surface area contributed by atoms with Gasteiger partial charge in [-0.25, -0.2) is 0 Å². The van der Waals surface area contributed by atoms with E-state index in [0.29, 0.717) is 5.69 Å². The van der Waals surface area contributed by atoms with Crippen LogP contribution in [0.4, 0.5) is 5.69 Å². The number of carboxylic acid groups (broad SMARTS) is 1. The molecule has 0 saturated carbocycles. The van der Waals surface area contributed by atoms with Crippen molar-refractivity contribution in [2.24, 2.45) is 5.92 Å². The van der Waals surface area contributed by atoms with Gasteiger partial charge < -0.3 is 26.0 Å². The minimum atomic E-state index is -1.60. The number of aliphatic hydroxyl groups excluding tert-OH is 1. The number of nitrogens with zero attached hydrogens (tertiary/aromatic N) is 1. The quantitative estimate of drug-likeness (QED) is 0.253. The smallest absolute Gasteiger partial charge is 0.648 e. The predicted molar refractivity (Wildman–Crippen MR) is 90.4 cm³/mol. The average molecular weight is 534 g/mol. The summed E-state index contributed by atoms with van der Waals surface area (Å²) in [4.78, 5) is 23.5. The normalized spacial score (nSPS) is 14.3. The van der Waals surface area contributed by atoms with Gasteiger partial charge in [-0.3, -0.25) is 9.59 Å². The molecule has 0 radical (unpaired) electrons. The maximum atomic E-state index is 12.6. The van der Waals surface area contributed by atoms with Crippen molar-refractivity contribution in [2.45, 2.75) is 44.9 Å². The Bertz CT molecular complexity index is 565. The van der Waals surface area contributed by atoms with Crippen molar-refractivity contribution in [1.82, 2.24) is 0 Å². The van der Waals surface area contributed by atoms with Gasteiger partial charge in [0.25, 0.3) is 5.97 Å². The molecule has 144 valence electrons. The molecule has 2 atom stereocenters. The maximum Gasteiger partial charge on any atom is 1.00 e. The van der Waals surface area contributed by atoms with E-state index in [9.17, 15) is 14.7 Å². The molecule has 0 saturated heterocycles. The fourth-order valence-electron chi connectivity index (χ4n) is 2.53. The molecule has 0 aliphatic heterocycles. The van der Waals surface area contributed by atoms with Crippen molar-refractivity contribution < 1.29 is 46.9 Å². The number of rotatable bonds is 9. The number of benzene rings is 1. The first kappa shape index (κ1) is 23.6. The number of carboxylic acids is 1. The Hall–Kier alpha value is -1.38. The van der Waals surface area contributed by atoms with Crippen LogP contribution in [-0.4, -0.2) is 40.8 Å². The van der Waals surface area contributed by atoms with Crippen LogP contribution in [0.25, 0.3) is 5.32 Å². The van der Waals surface area contributed by atoms with Crippen LogP contribution >= 0.6 is 0 Å². The third-order valence-corrected chi connectivity index (χ3v) is 3.74. The number of esters is 1. The molecule has 0 aliphatic rings. The van der Waals surface area contributed by atoms with E-state index in [-0.39, 0.29) is 41.3 Å². The van der Waals surface area contributed by atoms with Gasteiger partial charge in [0.05, 0.1) is 12.5 Å². The van der Waals surface area contributed by atoms with Gasteiger partial charge in [-0.2, -0.15) is 7.05 Å². The van der Waals surface area contributed by atoms with E-state index >= 15 is 0 Å². The van der Waals surface area contributed by atoms with Gasteiger partial charge in [0, 0.05) is 11.2 Å². The molecule has 0 spiro atoms. The van der Waals surface area contributed by atoms with Crippen molar-refractivity contribution in [3.8, 4) is 0 Å². The number of hydrogen-bond donors (Lipinski definition) is 3. The zero-order chi connectivity index (χ0) is 18.3. The van der Waals surface area contributed by atoms with Crippen molar-refractivity contribution in [3.63, 3.8) is 0 Å². The molecule has 0 aromatic heterocycles. The third-order valence-electron chi connectivity index (χ3n) is 3.74. The van der Waals surface area contributed by atoms with E-state index in [1.807, 2.05) is 13.8 Å². The molecule has 1 aromatic rings. The number of carbonyl (C=O) groups excluding carboxylic acids is 1. The van der Waals surface area contributed by atoms with Gasteiger partial charge in [0.15, 0.2) is 0 Å². The van der Waals surface area contributed by atoms with Crippen LogP contribution in [0.1, 0.15) is 32.3 Å². The number of nitrogen functional groups attached to an aromatic ring is 1. The topological polar surface area (TPSA) is 124 Å². The second-order valence-electron chi connectivity index (χ2n) is 6.18. The largest absolute Gasteiger partial charge is 1.00 e. The summed E-state index contributed by atoms with van der Waals surface area (Å²) in [7, 11) is 1.39. The Morgan fingerprint density at radius 2 is 1.84 bits per heavy atom. The molecule has 0 amide bonds. The van der Waals surface area contributed by atoms with Gasteiger partial charge in [0.1, 0.15) is 6.61 Å². The molecule has 0 unspecified atom stereocenters. The van der Waals surface area contributed by atoms with E-state index in [1.165, 1.54) is 7.05 Å². The molecule has 1 rings (SSSR count). The summed E-state index contributed by atoms with van der Waals surface area (Å²) >= 11 is 0. The van der Waals surface area contributed by atoms with Crippen LogP contribution in [0, 0.1) is 5.92 Å². The number of carbonyl (C=O) groups is 2. The fourth-order valence-corrected chi connectivity index (χ4v) is 2.53. The number of aliphatic hydroxyl groups is 1. The van der Waals surface area contributed by atoms with Crippen molar-refractivity contribution in [1.29, 1.82) is 0 Å². The Morgan fingerprint density at radius 1 is 1.28 bits per heavy atom. The summed E-state index contributed by atoms with van der Waals surface area (Å²) in [6.45, 7) is 3.72. The molecule has 1 aromatic carbocycles. The van der Waals surface area contributed by atoms with E-state index in [0.717, 1.165) is 5.56 Å². The molecular formula is C17H25AuN2O5. The van der Waals surface area contributed by atoms with Gasteiger partial charge in [-0.05, 0) is 23.6 Å². The number of aliphatic carboxylic acids is 1. The SMILES string of the molecule is C[N-][C@](CC(C)C)(C(=O)OCc1ccc(N)cc1)[C@@H](O)CC(=O)O.[Au+]. The van der Waals surface area contributed by atoms with Gasteiger partial charge in [-0.1, -0.05) is 32.4 Å². The maximum absolute atomic E-state index is 12.6. The fraction of sp³-hybridized carbons (Fsp3) is 0.529. The first-order valence-electron chi connectivity index (χ1n) is 7.73. The molecule has 8 heteroatoms. The van der Waals surface area contributed by atoms with Crippen LogP contribution < -0.4 is 5.73 Å². The van der Waals surface area contributed by atoms with Crippen molar-refractivity contribution >= 4 is 17.6 Å². The number of likely N-dealkylation sites (N-methyl/N-ethyl adjacent to an activating group) is 1. The van der Waals surface area contributed by atoms with Crippen molar-refractivity contribution in [2.75, 3.05) is 12.8 Å². The molecular weight excluding hydrogens is 509 g/mol. The molecule has 0 aliphatic carbocycles. The average Bonchev–Trinajstić information content (AvgIpc) is 2.50. The zero-order valence-corrected chi connectivity index (χ0v) is 16.7. The second-order valence-corrected chi connectivity index (χ2v) is 6.18. The zero-order valence-electron chi connectivity index (χ0n) is 14.5. The van der Waals surface area contributed by atoms with E-state index in [2.05, 4.69) is 5.32 Å². The molecule has 25 heavy (non-hydrogen) atoms. The van der Waals surface area contributed by atoms with E-state index < -0.39 is 30.0 Å². The van der Waals surface area contributed by atoms with Crippen LogP contribution in [-0.2, 0) is 43.3 Å². The van der Waals surface area contributed by atoms with Gasteiger partial charge in [-0.15, -0.1) is 0 Å². The monoisotopic (exact) mass is 534 g/mol. The molecule has 7 nitrogen and oxygen atoms in total. The summed E-state index contributed by atoms with van der Waals surface area (Å²) in [6.07, 6.45) is -1.85. The first-order chi connectivity index (χ1) is 11.2. The minimum absolute atomic E-state index is 0. The molecule has 4 N–H and O–H groups in total. The summed E-state index contributed by atoms with van der Waals surface area (Å²) in [5.41, 5.74) is 5.34. The molecule has 0 fully saturated rings. The Kier molecular flexibility index (Phi) is 9.99. The van der Waals surface area contributed by atoms with Gasteiger partial charge >= 0.3 is 28.3 Å². The summed E-state index contributed by atoms with van der Waals surface area (Å²) in [5, 5.41) is 23.2.